The van der Waals surface area contributed by atoms with Crippen molar-refractivity contribution in [1.29, 1.82) is 0 Å². The Labute approximate surface area is 159 Å². The summed E-state index contributed by atoms with van der Waals surface area (Å²) in [7, 11) is 0. The number of carbonyl (C=O) groups excluding carboxylic acids is 1. The second-order valence-corrected chi connectivity index (χ2v) is 8.21. The zero-order valence-electron chi connectivity index (χ0n) is 16.6. The van der Waals surface area contributed by atoms with E-state index in [0.717, 1.165) is 6.54 Å². The van der Waals surface area contributed by atoms with Crippen LogP contribution in [-0.2, 0) is 4.74 Å². The van der Waals surface area contributed by atoms with Crippen LogP contribution >= 0.6 is 0 Å². The molecule has 7 heteroatoms. The molecule has 0 aliphatic carbocycles. The average molecular weight is 374 g/mol. The molecule has 2 aromatic rings. The zero-order valence-corrected chi connectivity index (χ0v) is 16.6. The molecule has 1 aliphatic heterocycles. The van der Waals surface area contributed by atoms with E-state index in [2.05, 4.69) is 21.8 Å². The van der Waals surface area contributed by atoms with Gasteiger partial charge in [0.2, 0.25) is 5.95 Å². The lowest BCUT2D eigenvalue weighted by Gasteiger charge is -2.32. The zero-order chi connectivity index (χ0) is 19.8. The van der Waals surface area contributed by atoms with E-state index in [1.165, 1.54) is 12.1 Å². The maximum atomic E-state index is 13.4. The molecule has 0 N–H and O–H groups in total. The molecule has 1 amide bonds. The molecule has 146 valence electrons. The van der Waals surface area contributed by atoms with Crippen molar-refractivity contribution in [2.24, 2.45) is 5.92 Å². The number of benzene rings is 1. The summed E-state index contributed by atoms with van der Waals surface area (Å²) < 4.78 is 18.9. The predicted molar refractivity (Wildman–Crippen MR) is 103 cm³/mol. The van der Waals surface area contributed by atoms with E-state index >= 15 is 0 Å². The molecule has 2 unspecified atom stereocenters. The van der Waals surface area contributed by atoms with Gasteiger partial charge in [-0.15, -0.1) is 0 Å². The molecule has 0 spiro atoms. The SMILES string of the molecule is CC1CN(c2ncc3cc(F)ccc3n2)CCN(C(=O)OC(C)(C)C)C1C. The van der Waals surface area contributed by atoms with Gasteiger partial charge in [0.15, 0.2) is 0 Å². The highest BCUT2D eigenvalue weighted by atomic mass is 19.1. The number of ether oxygens (including phenoxy) is 1. The van der Waals surface area contributed by atoms with Crippen LogP contribution in [0.25, 0.3) is 10.9 Å². The summed E-state index contributed by atoms with van der Waals surface area (Å²) in [6.45, 7) is 11.6. The molecule has 0 bridgehead atoms. The lowest BCUT2D eigenvalue weighted by atomic mass is 10.0. The van der Waals surface area contributed by atoms with Crippen molar-refractivity contribution in [2.75, 3.05) is 24.5 Å². The Morgan fingerprint density at radius 3 is 2.70 bits per heavy atom. The first-order chi connectivity index (χ1) is 12.6. The third-order valence-corrected chi connectivity index (χ3v) is 4.87. The standard InChI is InChI=1S/C20H27FN4O2/c1-13-12-24(8-9-25(14(13)2)19(26)27-20(3,4)5)18-22-11-15-10-16(21)6-7-17(15)23-18/h6-7,10-11,13-14H,8-9,12H2,1-5H3. The molecule has 27 heavy (non-hydrogen) atoms. The lowest BCUT2D eigenvalue weighted by Crippen LogP contribution is -2.45. The topological polar surface area (TPSA) is 58.6 Å². The number of nitrogens with zero attached hydrogens (tertiary/aromatic N) is 4. The maximum Gasteiger partial charge on any atom is 0.410 e. The number of amides is 1. The predicted octanol–water partition coefficient (Wildman–Crippen LogP) is 3.85. The summed E-state index contributed by atoms with van der Waals surface area (Å²) in [6, 6.07) is 4.53. The Bertz CT molecular complexity index is 836. The second kappa shape index (κ2) is 7.29. The number of hydrogen-bond acceptors (Lipinski definition) is 5. The van der Waals surface area contributed by atoms with Gasteiger partial charge in [-0.3, -0.25) is 0 Å². The summed E-state index contributed by atoms with van der Waals surface area (Å²) in [5.41, 5.74) is 0.179. The summed E-state index contributed by atoms with van der Waals surface area (Å²) >= 11 is 0. The van der Waals surface area contributed by atoms with Crippen LogP contribution in [-0.4, -0.2) is 52.2 Å². The van der Waals surface area contributed by atoms with Crippen LogP contribution in [0, 0.1) is 11.7 Å². The number of halogens is 1. The molecule has 0 radical (unpaired) electrons. The van der Waals surface area contributed by atoms with Crippen LogP contribution in [0.3, 0.4) is 0 Å². The van der Waals surface area contributed by atoms with Gasteiger partial charge in [-0.2, -0.15) is 0 Å². The van der Waals surface area contributed by atoms with E-state index in [-0.39, 0.29) is 23.9 Å². The molecule has 1 aromatic carbocycles. The quantitative estimate of drug-likeness (QED) is 0.759. The minimum Gasteiger partial charge on any atom is -0.444 e. The largest absolute Gasteiger partial charge is 0.444 e. The van der Waals surface area contributed by atoms with Gasteiger partial charge in [0, 0.05) is 37.3 Å². The Hall–Kier alpha value is -2.44. The average Bonchev–Trinajstić information content (AvgIpc) is 2.72. The molecular weight excluding hydrogens is 347 g/mol. The van der Waals surface area contributed by atoms with Crippen molar-refractivity contribution in [3.8, 4) is 0 Å². The summed E-state index contributed by atoms with van der Waals surface area (Å²) in [6.07, 6.45) is 1.35. The maximum absolute atomic E-state index is 13.4. The van der Waals surface area contributed by atoms with Gasteiger partial charge in [-0.25, -0.2) is 19.2 Å². The lowest BCUT2D eigenvalue weighted by molar-refractivity contribution is 0.0156. The molecule has 1 fully saturated rings. The van der Waals surface area contributed by atoms with Gasteiger partial charge in [0.05, 0.1) is 5.52 Å². The van der Waals surface area contributed by atoms with E-state index in [0.29, 0.717) is 29.9 Å². The van der Waals surface area contributed by atoms with E-state index < -0.39 is 5.60 Å². The third-order valence-electron chi connectivity index (χ3n) is 4.87. The number of carbonyl (C=O) groups is 1. The van der Waals surface area contributed by atoms with Crippen molar-refractivity contribution in [1.82, 2.24) is 14.9 Å². The third kappa shape index (κ3) is 4.46. The monoisotopic (exact) mass is 374 g/mol. The van der Waals surface area contributed by atoms with Gasteiger partial charge >= 0.3 is 6.09 Å². The smallest absolute Gasteiger partial charge is 0.410 e. The van der Waals surface area contributed by atoms with Gasteiger partial charge in [-0.05, 0) is 51.8 Å². The Kier molecular flexibility index (Phi) is 5.22. The van der Waals surface area contributed by atoms with Crippen molar-refractivity contribution >= 4 is 22.9 Å². The van der Waals surface area contributed by atoms with Crippen molar-refractivity contribution in [2.45, 2.75) is 46.3 Å². The van der Waals surface area contributed by atoms with Gasteiger partial charge in [-0.1, -0.05) is 6.92 Å². The molecule has 6 nitrogen and oxygen atoms in total. The first-order valence-electron chi connectivity index (χ1n) is 9.31. The fraction of sp³-hybridized carbons (Fsp3) is 0.550. The van der Waals surface area contributed by atoms with Gasteiger partial charge in [0.25, 0.3) is 0 Å². The fourth-order valence-electron chi connectivity index (χ4n) is 3.24. The number of aromatic nitrogens is 2. The van der Waals surface area contributed by atoms with E-state index in [4.69, 9.17) is 4.74 Å². The van der Waals surface area contributed by atoms with Crippen LogP contribution in [0.2, 0.25) is 0 Å². The van der Waals surface area contributed by atoms with Crippen LogP contribution in [0.4, 0.5) is 15.1 Å². The van der Waals surface area contributed by atoms with Crippen LogP contribution in [0.5, 0.6) is 0 Å². The normalized spacial score (nSPS) is 21.3. The molecule has 3 rings (SSSR count). The van der Waals surface area contributed by atoms with Crippen molar-refractivity contribution in [3.63, 3.8) is 0 Å². The first kappa shape index (κ1) is 19.3. The van der Waals surface area contributed by atoms with Crippen LogP contribution < -0.4 is 4.90 Å². The highest BCUT2D eigenvalue weighted by molar-refractivity contribution is 5.78. The number of fused-ring (bicyclic) bond motifs is 1. The molecular formula is C20H27FN4O2. The van der Waals surface area contributed by atoms with Crippen LogP contribution in [0.15, 0.2) is 24.4 Å². The minimum atomic E-state index is -0.525. The molecule has 1 saturated heterocycles. The Morgan fingerprint density at radius 1 is 1.26 bits per heavy atom. The number of hydrogen-bond donors (Lipinski definition) is 0. The number of rotatable bonds is 1. The Balaban J connectivity index is 1.81. The highest BCUT2D eigenvalue weighted by Crippen LogP contribution is 2.23. The summed E-state index contributed by atoms with van der Waals surface area (Å²) in [5.74, 6) is 0.510. The summed E-state index contributed by atoms with van der Waals surface area (Å²) in [5, 5.41) is 0.672. The van der Waals surface area contributed by atoms with Crippen molar-refractivity contribution < 1.29 is 13.9 Å². The first-order valence-corrected chi connectivity index (χ1v) is 9.31. The van der Waals surface area contributed by atoms with E-state index in [9.17, 15) is 9.18 Å². The van der Waals surface area contributed by atoms with Crippen LogP contribution in [0.1, 0.15) is 34.6 Å². The molecule has 2 atom stereocenters. The molecule has 0 saturated carbocycles. The minimum absolute atomic E-state index is 0.0411. The second-order valence-electron chi connectivity index (χ2n) is 8.21. The molecule has 1 aromatic heterocycles. The van der Waals surface area contributed by atoms with Crippen molar-refractivity contribution in [3.05, 3.63) is 30.2 Å². The van der Waals surface area contributed by atoms with E-state index in [1.54, 1.807) is 17.2 Å². The highest BCUT2D eigenvalue weighted by Gasteiger charge is 2.33. The van der Waals surface area contributed by atoms with E-state index in [1.807, 2.05) is 27.7 Å². The molecule has 1 aliphatic rings. The van der Waals surface area contributed by atoms with Gasteiger partial charge in [0.1, 0.15) is 11.4 Å². The van der Waals surface area contributed by atoms with Gasteiger partial charge < -0.3 is 14.5 Å². The fourth-order valence-corrected chi connectivity index (χ4v) is 3.24. The summed E-state index contributed by atoms with van der Waals surface area (Å²) in [4.78, 5) is 25.5. The Morgan fingerprint density at radius 2 is 2.00 bits per heavy atom. The number of anilines is 1. The molecule has 2 heterocycles.